The normalized spacial score (nSPS) is 10.0. The molecule has 0 atom stereocenters. The highest BCUT2D eigenvalue weighted by Gasteiger charge is 2.08. The number of ether oxygens (including phenoxy) is 1. The molecule has 0 saturated carbocycles. The van der Waals surface area contributed by atoms with Gasteiger partial charge in [-0.25, -0.2) is 0 Å². The van der Waals surface area contributed by atoms with Gasteiger partial charge in [-0.2, -0.15) is 0 Å². The zero-order chi connectivity index (χ0) is 15.6. The second-order valence-electron chi connectivity index (χ2n) is 4.76. The van der Waals surface area contributed by atoms with E-state index in [9.17, 15) is 4.79 Å². The minimum Gasteiger partial charge on any atom is -0.464 e. The number of nitrogens with two attached hydrogens (primary N) is 1. The Morgan fingerprint density at radius 3 is 2.00 bits per heavy atom. The zero-order valence-electron chi connectivity index (χ0n) is 12.4. The molecule has 0 spiro atoms. The number of carbonyl (C=O) groups is 1. The summed E-state index contributed by atoms with van der Waals surface area (Å²) in [6.45, 7) is 0.858. The number of esters is 1. The molecule has 0 aliphatic carbocycles. The first-order chi connectivity index (χ1) is 10.8. The smallest absolute Gasteiger partial charge is 0.327 e. The molecule has 0 radical (unpaired) electrons. The second kappa shape index (κ2) is 8.74. The minimum absolute atomic E-state index is 0.00366. The molecule has 4 nitrogen and oxygen atoms in total. The van der Waals surface area contributed by atoms with Gasteiger partial charge in [0, 0.05) is 11.1 Å². The van der Waals surface area contributed by atoms with Crippen molar-refractivity contribution in [2.75, 3.05) is 19.7 Å². The maximum absolute atomic E-state index is 11.7. The lowest BCUT2D eigenvalue weighted by Crippen LogP contribution is -2.14. The van der Waals surface area contributed by atoms with Crippen molar-refractivity contribution in [2.24, 2.45) is 10.7 Å². The number of hydrogen-bond acceptors (Lipinski definition) is 4. The summed E-state index contributed by atoms with van der Waals surface area (Å²) in [5.74, 6) is -0.335. The number of nitrogens with zero attached hydrogens (tertiary/aromatic N) is 1. The Kier molecular flexibility index (Phi) is 6.33. The first kappa shape index (κ1) is 15.9. The SMILES string of the molecule is NCCCOC(=O)CN=C(c1ccccc1)c1ccccc1. The topological polar surface area (TPSA) is 64.7 Å². The zero-order valence-corrected chi connectivity index (χ0v) is 12.4. The number of carbonyl (C=O) groups excluding carboxylic acids is 1. The van der Waals surface area contributed by atoms with Crippen LogP contribution in [0.5, 0.6) is 0 Å². The van der Waals surface area contributed by atoms with Crippen molar-refractivity contribution in [1.82, 2.24) is 0 Å². The molecular weight excluding hydrogens is 276 g/mol. The standard InChI is InChI=1S/C18H20N2O2/c19-12-7-13-22-17(21)14-20-18(15-8-3-1-4-9-15)16-10-5-2-6-11-16/h1-6,8-11H,7,12-14,19H2. The van der Waals surface area contributed by atoms with Gasteiger partial charge in [0.15, 0.2) is 0 Å². The Balaban J connectivity index is 2.15. The van der Waals surface area contributed by atoms with E-state index in [0.717, 1.165) is 16.8 Å². The largest absolute Gasteiger partial charge is 0.464 e. The molecule has 2 rings (SSSR count). The van der Waals surface area contributed by atoms with Crippen molar-refractivity contribution in [3.8, 4) is 0 Å². The number of benzene rings is 2. The highest BCUT2D eigenvalue weighted by Crippen LogP contribution is 2.11. The van der Waals surface area contributed by atoms with Crippen LogP contribution in [0.4, 0.5) is 0 Å². The monoisotopic (exact) mass is 296 g/mol. The minimum atomic E-state index is -0.335. The molecule has 2 aromatic carbocycles. The van der Waals surface area contributed by atoms with E-state index in [1.54, 1.807) is 0 Å². The maximum Gasteiger partial charge on any atom is 0.327 e. The summed E-state index contributed by atoms with van der Waals surface area (Å²) < 4.78 is 5.08. The summed E-state index contributed by atoms with van der Waals surface area (Å²) in [4.78, 5) is 16.2. The van der Waals surface area contributed by atoms with Crippen LogP contribution in [-0.2, 0) is 9.53 Å². The van der Waals surface area contributed by atoms with Crippen LogP contribution in [0.25, 0.3) is 0 Å². The highest BCUT2D eigenvalue weighted by atomic mass is 16.5. The van der Waals surface area contributed by atoms with Gasteiger partial charge < -0.3 is 10.5 Å². The summed E-state index contributed by atoms with van der Waals surface area (Å²) in [6, 6.07) is 19.6. The van der Waals surface area contributed by atoms with Crippen LogP contribution in [0.1, 0.15) is 17.5 Å². The quantitative estimate of drug-likeness (QED) is 0.485. The molecule has 0 fully saturated rings. The van der Waals surface area contributed by atoms with Crippen molar-refractivity contribution in [2.45, 2.75) is 6.42 Å². The Hall–Kier alpha value is -2.46. The molecule has 114 valence electrons. The molecule has 22 heavy (non-hydrogen) atoms. The molecule has 0 aromatic heterocycles. The van der Waals surface area contributed by atoms with E-state index in [1.807, 2.05) is 60.7 Å². The fourth-order valence-electron chi connectivity index (χ4n) is 2.00. The third kappa shape index (κ3) is 4.82. The molecule has 4 heteroatoms. The van der Waals surface area contributed by atoms with Crippen molar-refractivity contribution in [3.63, 3.8) is 0 Å². The maximum atomic E-state index is 11.7. The number of rotatable bonds is 7. The van der Waals surface area contributed by atoms with Gasteiger partial charge in [-0.3, -0.25) is 9.79 Å². The average Bonchev–Trinajstić information content (AvgIpc) is 2.57. The van der Waals surface area contributed by atoms with Gasteiger partial charge in [0.25, 0.3) is 0 Å². The molecule has 0 amide bonds. The van der Waals surface area contributed by atoms with Gasteiger partial charge in [-0.1, -0.05) is 60.7 Å². The van der Waals surface area contributed by atoms with Crippen molar-refractivity contribution in [3.05, 3.63) is 71.8 Å². The summed E-state index contributed by atoms with van der Waals surface area (Å²) in [6.07, 6.45) is 0.666. The lowest BCUT2D eigenvalue weighted by atomic mass is 10.0. The molecule has 0 unspecified atom stereocenters. The van der Waals surface area contributed by atoms with Gasteiger partial charge in [-0.05, 0) is 13.0 Å². The van der Waals surface area contributed by atoms with Gasteiger partial charge in [0.05, 0.1) is 12.3 Å². The van der Waals surface area contributed by atoms with Gasteiger partial charge in [-0.15, -0.1) is 0 Å². The van der Waals surface area contributed by atoms with E-state index in [1.165, 1.54) is 0 Å². The Bertz CT molecular complexity index is 568. The van der Waals surface area contributed by atoms with Gasteiger partial charge in [0.2, 0.25) is 0 Å². The fourth-order valence-corrected chi connectivity index (χ4v) is 2.00. The van der Waals surface area contributed by atoms with E-state index >= 15 is 0 Å². The van der Waals surface area contributed by atoms with E-state index in [-0.39, 0.29) is 12.5 Å². The molecule has 0 saturated heterocycles. The molecule has 2 aromatic rings. The predicted molar refractivity (Wildman–Crippen MR) is 88.0 cm³/mol. The Morgan fingerprint density at radius 2 is 1.50 bits per heavy atom. The molecule has 0 aliphatic heterocycles. The van der Waals surface area contributed by atoms with Crippen LogP contribution in [0.2, 0.25) is 0 Å². The molecule has 0 bridgehead atoms. The van der Waals surface area contributed by atoms with E-state index < -0.39 is 0 Å². The third-order valence-electron chi connectivity index (χ3n) is 3.07. The van der Waals surface area contributed by atoms with Crippen molar-refractivity contribution >= 4 is 11.7 Å². The van der Waals surface area contributed by atoms with Gasteiger partial charge in [0.1, 0.15) is 6.54 Å². The fraction of sp³-hybridized carbons (Fsp3) is 0.222. The molecular formula is C18H20N2O2. The predicted octanol–water partition coefficient (Wildman–Crippen LogP) is 2.42. The first-order valence-corrected chi connectivity index (χ1v) is 7.32. The Labute approximate surface area is 130 Å². The van der Waals surface area contributed by atoms with Crippen molar-refractivity contribution < 1.29 is 9.53 Å². The van der Waals surface area contributed by atoms with Crippen LogP contribution in [0, 0.1) is 0 Å². The van der Waals surface area contributed by atoms with E-state index in [2.05, 4.69) is 4.99 Å². The lowest BCUT2D eigenvalue weighted by Gasteiger charge is -2.08. The first-order valence-electron chi connectivity index (χ1n) is 7.32. The van der Waals surface area contributed by atoms with E-state index in [0.29, 0.717) is 19.6 Å². The summed E-state index contributed by atoms with van der Waals surface area (Å²) in [5.41, 5.74) is 8.11. The lowest BCUT2D eigenvalue weighted by molar-refractivity contribution is -0.141. The van der Waals surface area contributed by atoms with Crippen LogP contribution < -0.4 is 5.73 Å². The van der Waals surface area contributed by atoms with Crippen LogP contribution in [-0.4, -0.2) is 31.4 Å². The van der Waals surface area contributed by atoms with Crippen LogP contribution in [0.3, 0.4) is 0 Å². The summed E-state index contributed by atoms with van der Waals surface area (Å²) in [5, 5.41) is 0. The molecule has 2 N–H and O–H groups in total. The average molecular weight is 296 g/mol. The summed E-state index contributed by atoms with van der Waals surface area (Å²) >= 11 is 0. The number of aliphatic imine (C=N–C) groups is 1. The third-order valence-corrected chi connectivity index (χ3v) is 3.07. The second-order valence-corrected chi connectivity index (χ2v) is 4.76. The van der Waals surface area contributed by atoms with Crippen LogP contribution >= 0.6 is 0 Å². The summed E-state index contributed by atoms with van der Waals surface area (Å²) in [7, 11) is 0. The van der Waals surface area contributed by atoms with Gasteiger partial charge >= 0.3 is 5.97 Å². The Morgan fingerprint density at radius 1 is 0.955 bits per heavy atom. The van der Waals surface area contributed by atoms with Crippen LogP contribution in [0.15, 0.2) is 65.7 Å². The number of hydrogen-bond donors (Lipinski definition) is 1. The highest BCUT2D eigenvalue weighted by molar-refractivity contribution is 6.13. The molecule has 0 aliphatic rings. The van der Waals surface area contributed by atoms with E-state index in [4.69, 9.17) is 10.5 Å². The molecule has 0 heterocycles. The van der Waals surface area contributed by atoms with Crippen molar-refractivity contribution in [1.29, 1.82) is 0 Å².